The number of nitrogens with one attached hydrogen (secondary N) is 1. The minimum Gasteiger partial charge on any atom is -0.387 e. The number of nitrogen functional groups attached to an aromatic ring is 1. The summed E-state index contributed by atoms with van der Waals surface area (Å²) >= 11 is 0. The topological polar surface area (TPSA) is 148 Å². The van der Waals surface area contributed by atoms with Crippen LogP contribution in [0.1, 0.15) is 38.7 Å². The summed E-state index contributed by atoms with van der Waals surface area (Å²) in [4.78, 5) is 24.7. The van der Waals surface area contributed by atoms with Gasteiger partial charge in [0, 0.05) is 13.0 Å². The molecule has 1 saturated heterocycles. The standard InChI is InChI=1S/C17H22N6O4/c1-3-5-6-7-9-21-14(18)10-15(22-9)23(8-20-10)17-12(25)11(24)13(27-17)16(26)19-4-2/h8,11-13,17,24-25H,3-5H2,1-2H3,(H,19,26)(H2,18,21,22)/t11-,12+,13-,17+/m0/s1. The van der Waals surface area contributed by atoms with Gasteiger partial charge in [0.2, 0.25) is 5.82 Å². The molecule has 4 atom stereocenters. The third-order valence-corrected chi connectivity index (χ3v) is 4.15. The Labute approximate surface area is 155 Å². The second-order valence-electron chi connectivity index (χ2n) is 6.13. The lowest BCUT2D eigenvalue weighted by Gasteiger charge is -2.16. The maximum absolute atomic E-state index is 12.0. The quantitative estimate of drug-likeness (QED) is 0.514. The van der Waals surface area contributed by atoms with E-state index in [4.69, 9.17) is 10.5 Å². The number of aliphatic hydroxyl groups is 2. The molecule has 0 aromatic carbocycles. The molecule has 1 amide bonds. The number of rotatable bonds is 4. The normalized spacial score (nSPS) is 24.6. The van der Waals surface area contributed by atoms with Crippen LogP contribution in [0.4, 0.5) is 5.82 Å². The van der Waals surface area contributed by atoms with Crippen molar-refractivity contribution in [2.24, 2.45) is 0 Å². The van der Waals surface area contributed by atoms with Gasteiger partial charge in [-0.25, -0.2) is 15.0 Å². The minimum atomic E-state index is -1.39. The molecule has 0 unspecified atom stereocenters. The van der Waals surface area contributed by atoms with Gasteiger partial charge >= 0.3 is 0 Å². The van der Waals surface area contributed by atoms with Gasteiger partial charge in [0.05, 0.1) is 6.33 Å². The third kappa shape index (κ3) is 3.57. The van der Waals surface area contributed by atoms with Crippen molar-refractivity contribution in [3.63, 3.8) is 0 Å². The number of carbonyl (C=O) groups is 1. The summed E-state index contributed by atoms with van der Waals surface area (Å²) in [6.07, 6.45) is -2.01. The number of hydrogen-bond donors (Lipinski definition) is 4. The second kappa shape index (κ2) is 7.87. The van der Waals surface area contributed by atoms with Crippen molar-refractivity contribution in [3.8, 4) is 11.8 Å². The van der Waals surface area contributed by atoms with Crippen LogP contribution in [-0.4, -0.2) is 60.5 Å². The van der Waals surface area contributed by atoms with Crippen LogP contribution in [0.3, 0.4) is 0 Å². The minimum absolute atomic E-state index is 0.146. The third-order valence-electron chi connectivity index (χ3n) is 4.15. The van der Waals surface area contributed by atoms with Crippen LogP contribution in [0.15, 0.2) is 6.33 Å². The number of fused-ring (bicyclic) bond motifs is 1. The van der Waals surface area contributed by atoms with Crippen molar-refractivity contribution in [1.29, 1.82) is 0 Å². The molecule has 0 saturated carbocycles. The van der Waals surface area contributed by atoms with E-state index in [9.17, 15) is 15.0 Å². The molecule has 0 aliphatic carbocycles. The van der Waals surface area contributed by atoms with E-state index in [1.54, 1.807) is 6.92 Å². The van der Waals surface area contributed by atoms with Gasteiger partial charge in [-0.2, -0.15) is 0 Å². The number of unbranched alkanes of at least 4 members (excludes halogenated alkanes) is 1. The predicted molar refractivity (Wildman–Crippen MR) is 96.1 cm³/mol. The van der Waals surface area contributed by atoms with Gasteiger partial charge in [0.25, 0.3) is 5.91 Å². The second-order valence-corrected chi connectivity index (χ2v) is 6.13. The maximum Gasteiger partial charge on any atom is 0.252 e. The monoisotopic (exact) mass is 374 g/mol. The number of aromatic nitrogens is 4. The predicted octanol–water partition coefficient (Wildman–Crippen LogP) is -0.685. The smallest absolute Gasteiger partial charge is 0.252 e. The molecule has 1 aliphatic rings. The molecule has 0 bridgehead atoms. The Hall–Kier alpha value is -2.74. The van der Waals surface area contributed by atoms with E-state index in [1.165, 1.54) is 10.9 Å². The fraction of sp³-hybridized carbons (Fsp3) is 0.529. The highest BCUT2D eigenvalue weighted by Crippen LogP contribution is 2.32. The van der Waals surface area contributed by atoms with Crippen LogP contribution < -0.4 is 11.1 Å². The molecular formula is C17H22N6O4. The zero-order chi connectivity index (χ0) is 19.6. The number of anilines is 1. The van der Waals surface area contributed by atoms with Crippen LogP contribution in [0.25, 0.3) is 11.2 Å². The molecule has 5 N–H and O–H groups in total. The van der Waals surface area contributed by atoms with E-state index in [1.807, 2.05) is 6.92 Å². The molecule has 10 nitrogen and oxygen atoms in total. The summed E-state index contributed by atoms with van der Waals surface area (Å²) in [6, 6.07) is 0. The molecule has 144 valence electrons. The molecule has 3 rings (SSSR count). The summed E-state index contributed by atoms with van der Waals surface area (Å²) in [5.74, 6) is 5.65. The van der Waals surface area contributed by atoms with E-state index < -0.39 is 30.4 Å². The zero-order valence-corrected chi connectivity index (χ0v) is 15.1. The average molecular weight is 374 g/mol. The largest absolute Gasteiger partial charge is 0.387 e. The Balaban J connectivity index is 1.97. The highest BCUT2D eigenvalue weighted by atomic mass is 16.6. The first-order valence-corrected chi connectivity index (χ1v) is 8.76. The number of aliphatic hydroxyl groups excluding tert-OH is 2. The van der Waals surface area contributed by atoms with Gasteiger partial charge < -0.3 is 26.0 Å². The van der Waals surface area contributed by atoms with Crippen molar-refractivity contribution < 1.29 is 19.7 Å². The van der Waals surface area contributed by atoms with Gasteiger partial charge in [-0.15, -0.1) is 0 Å². The molecule has 27 heavy (non-hydrogen) atoms. The first kappa shape index (κ1) is 19.0. The Morgan fingerprint density at radius 1 is 1.37 bits per heavy atom. The van der Waals surface area contributed by atoms with Crippen molar-refractivity contribution >= 4 is 22.9 Å². The van der Waals surface area contributed by atoms with Crippen molar-refractivity contribution in [2.75, 3.05) is 12.3 Å². The highest BCUT2D eigenvalue weighted by Gasteiger charge is 2.47. The van der Waals surface area contributed by atoms with Crippen LogP contribution in [-0.2, 0) is 9.53 Å². The lowest BCUT2D eigenvalue weighted by molar-refractivity contribution is -0.137. The Kier molecular flexibility index (Phi) is 5.55. The number of carbonyl (C=O) groups excluding carboxylic acids is 1. The number of imidazole rings is 1. The maximum atomic E-state index is 12.0. The fourth-order valence-corrected chi connectivity index (χ4v) is 2.83. The highest BCUT2D eigenvalue weighted by molar-refractivity contribution is 5.83. The molecule has 0 spiro atoms. The van der Waals surface area contributed by atoms with Gasteiger partial charge in [0.1, 0.15) is 17.7 Å². The van der Waals surface area contributed by atoms with Crippen LogP contribution in [0.2, 0.25) is 0 Å². The number of amides is 1. The van der Waals surface area contributed by atoms with Crippen LogP contribution >= 0.6 is 0 Å². The van der Waals surface area contributed by atoms with Crippen molar-refractivity contribution in [1.82, 2.24) is 24.8 Å². The van der Waals surface area contributed by atoms with Gasteiger partial charge in [-0.1, -0.05) is 12.8 Å². The van der Waals surface area contributed by atoms with E-state index in [-0.39, 0.29) is 11.6 Å². The molecule has 1 fully saturated rings. The van der Waals surface area contributed by atoms with Crippen LogP contribution in [0.5, 0.6) is 0 Å². The number of nitrogens with two attached hydrogens (primary N) is 1. The molecule has 0 radical (unpaired) electrons. The lowest BCUT2D eigenvalue weighted by Crippen LogP contribution is -2.42. The van der Waals surface area contributed by atoms with E-state index in [2.05, 4.69) is 32.1 Å². The summed E-state index contributed by atoms with van der Waals surface area (Å²) in [5.41, 5.74) is 6.56. The van der Waals surface area contributed by atoms with Crippen molar-refractivity contribution in [2.45, 2.75) is 51.2 Å². The molecule has 2 aromatic rings. The van der Waals surface area contributed by atoms with E-state index in [0.29, 0.717) is 24.1 Å². The molecule has 2 aromatic heterocycles. The Morgan fingerprint density at radius 2 is 2.15 bits per heavy atom. The van der Waals surface area contributed by atoms with E-state index in [0.717, 1.165) is 6.42 Å². The summed E-state index contributed by atoms with van der Waals surface area (Å²) in [7, 11) is 0. The molecule has 10 heteroatoms. The fourth-order valence-electron chi connectivity index (χ4n) is 2.83. The average Bonchev–Trinajstić information content (AvgIpc) is 3.18. The van der Waals surface area contributed by atoms with Crippen LogP contribution in [0, 0.1) is 11.8 Å². The number of nitrogens with zero attached hydrogens (tertiary/aromatic N) is 4. The summed E-state index contributed by atoms with van der Waals surface area (Å²) < 4.78 is 7.03. The van der Waals surface area contributed by atoms with E-state index >= 15 is 0 Å². The van der Waals surface area contributed by atoms with Gasteiger partial charge in [-0.3, -0.25) is 9.36 Å². The SMILES string of the molecule is CCCC#Cc1nc(N)c2ncn([C@@H]3O[C@H](C(=O)NCC)[C@@H](O)[C@H]3O)c2n1. The first-order chi connectivity index (χ1) is 13.0. The van der Waals surface area contributed by atoms with Gasteiger partial charge in [0.15, 0.2) is 23.8 Å². The Morgan fingerprint density at radius 3 is 2.85 bits per heavy atom. The number of hydrogen-bond acceptors (Lipinski definition) is 8. The Bertz CT molecular complexity index is 902. The molecule has 3 heterocycles. The van der Waals surface area contributed by atoms with Gasteiger partial charge in [-0.05, 0) is 19.3 Å². The zero-order valence-electron chi connectivity index (χ0n) is 15.1. The van der Waals surface area contributed by atoms with Crippen molar-refractivity contribution in [3.05, 3.63) is 12.2 Å². The number of ether oxygens (including phenoxy) is 1. The lowest BCUT2D eigenvalue weighted by atomic mass is 10.1. The molecule has 1 aliphatic heterocycles. The summed E-state index contributed by atoms with van der Waals surface area (Å²) in [5, 5.41) is 23.1. The molecular weight excluding hydrogens is 352 g/mol. The summed E-state index contributed by atoms with van der Waals surface area (Å²) in [6.45, 7) is 4.14. The first-order valence-electron chi connectivity index (χ1n) is 8.76. The number of likely N-dealkylation sites (N-methyl/N-ethyl adjacent to an activating group) is 1.